The van der Waals surface area contributed by atoms with Gasteiger partial charge >= 0.3 is 0 Å². The van der Waals surface area contributed by atoms with E-state index in [4.69, 9.17) is 23.2 Å². The van der Waals surface area contributed by atoms with Gasteiger partial charge in [0.2, 0.25) is 0 Å². The van der Waals surface area contributed by atoms with Gasteiger partial charge in [0.05, 0.1) is 0 Å². The average Bonchev–Trinajstić information content (AvgIpc) is 2.24. The standard InChI is InChI=1S/C13H17Cl2N/c1-3-5-12(16-4-2)9-10-8-11(14)6-7-13(10)15/h3,6-8,12,16H,1,4-5,9H2,2H3. The third kappa shape index (κ3) is 4.17. The van der Waals surface area contributed by atoms with E-state index in [0.717, 1.165) is 35.0 Å². The van der Waals surface area contributed by atoms with Crippen molar-refractivity contribution in [2.75, 3.05) is 6.54 Å². The van der Waals surface area contributed by atoms with Gasteiger partial charge in [0.15, 0.2) is 0 Å². The van der Waals surface area contributed by atoms with Crippen LogP contribution in [-0.2, 0) is 6.42 Å². The highest BCUT2D eigenvalue weighted by Crippen LogP contribution is 2.22. The van der Waals surface area contributed by atoms with Crippen molar-refractivity contribution in [1.82, 2.24) is 5.32 Å². The van der Waals surface area contributed by atoms with Gasteiger partial charge in [-0.2, -0.15) is 0 Å². The van der Waals surface area contributed by atoms with Crippen molar-refractivity contribution in [1.29, 1.82) is 0 Å². The van der Waals surface area contributed by atoms with Gasteiger partial charge in [-0.3, -0.25) is 0 Å². The van der Waals surface area contributed by atoms with Crippen LogP contribution < -0.4 is 5.32 Å². The summed E-state index contributed by atoms with van der Waals surface area (Å²) in [6, 6.07) is 5.95. The molecule has 1 N–H and O–H groups in total. The zero-order valence-electron chi connectivity index (χ0n) is 9.47. The first-order valence-corrected chi connectivity index (χ1v) is 6.21. The van der Waals surface area contributed by atoms with Gasteiger partial charge < -0.3 is 5.32 Å². The normalized spacial score (nSPS) is 12.4. The van der Waals surface area contributed by atoms with E-state index < -0.39 is 0 Å². The van der Waals surface area contributed by atoms with Crippen molar-refractivity contribution in [3.8, 4) is 0 Å². The smallest absolute Gasteiger partial charge is 0.0439 e. The molecule has 0 bridgehead atoms. The Kier molecular flexibility index (Phi) is 5.89. The molecule has 1 aromatic rings. The van der Waals surface area contributed by atoms with Gasteiger partial charge in [-0.25, -0.2) is 0 Å². The molecule has 1 atom stereocenters. The van der Waals surface area contributed by atoms with Crippen molar-refractivity contribution in [2.24, 2.45) is 0 Å². The van der Waals surface area contributed by atoms with E-state index >= 15 is 0 Å². The maximum Gasteiger partial charge on any atom is 0.0439 e. The molecular formula is C13H17Cl2N. The molecule has 1 rings (SSSR count). The van der Waals surface area contributed by atoms with E-state index in [0.29, 0.717) is 6.04 Å². The molecule has 0 saturated carbocycles. The molecule has 16 heavy (non-hydrogen) atoms. The molecule has 3 heteroatoms. The van der Waals surface area contributed by atoms with Gasteiger partial charge in [-0.15, -0.1) is 6.58 Å². The Morgan fingerprint density at radius 3 is 2.81 bits per heavy atom. The molecule has 0 aliphatic heterocycles. The van der Waals surface area contributed by atoms with E-state index in [1.165, 1.54) is 0 Å². The molecule has 0 saturated heterocycles. The van der Waals surface area contributed by atoms with E-state index in [-0.39, 0.29) is 0 Å². The summed E-state index contributed by atoms with van der Waals surface area (Å²) < 4.78 is 0. The second kappa shape index (κ2) is 6.95. The lowest BCUT2D eigenvalue weighted by molar-refractivity contribution is 0.530. The molecular weight excluding hydrogens is 241 g/mol. The molecule has 1 nitrogen and oxygen atoms in total. The highest BCUT2D eigenvalue weighted by molar-refractivity contribution is 6.33. The predicted octanol–water partition coefficient (Wildman–Crippen LogP) is 4.09. The van der Waals surface area contributed by atoms with Gasteiger partial charge in [-0.1, -0.05) is 36.2 Å². The third-order valence-corrected chi connectivity index (χ3v) is 3.02. The van der Waals surface area contributed by atoms with Gasteiger partial charge in [-0.05, 0) is 43.1 Å². The number of hydrogen-bond donors (Lipinski definition) is 1. The lowest BCUT2D eigenvalue weighted by atomic mass is 10.0. The van der Waals surface area contributed by atoms with Crippen molar-refractivity contribution in [3.05, 3.63) is 46.5 Å². The Hall–Kier alpha value is -0.500. The first-order valence-electron chi connectivity index (χ1n) is 5.45. The fourth-order valence-electron chi connectivity index (χ4n) is 1.69. The molecule has 0 aliphatic carbocycles. The quantitative estimate of drug-likeness (QED) is 0.758. The fourth-order valence-corrected chi connectivity index (χ4v) is 2.08. The summed E-state index contributed by atoms with van der Waals surface area (Å²) >= 11 is 12.1. The highest BCUT2D eigenvalue weighted by atomic mass is 35.5. The van der Waals surface area contributed by atoms with Crippen LogP contribution >= 0.6 is 23.2 Å². The zero-order valence-corrected chi connectivity index (χ0v) is 11.0. The Morgan fingerprint density at radius 2 is 2.19 bits per heavy atom. The maximum atomic E-state index is 6.13. The Labute approximate surface area is 107 Å². The van der Waals surface area contributed by atoms with Crippen LogP contribution in [0.3, 0.4) is 0 Å². The summed E-state index contributed by atoms with van der Waals surface area (Å²) in [4.78, 5) is 0. The molecule has 0 amide bonds. The number of benzene rings is 1. The summed E-state index contributed by atoms with van der Waals surface area (Å²) in [5, 5.41) is 4.91. The van der Waals surface area contributed by atoms with Gasteiger partial charge in [0, 0.05) is 16.1 Å². The zero-order chi connectivity index (χ0) is 12.0. The first-order chi connectivity index (χ1) is 7.67. The molecule has 88 valence electrons. The van der Waals surface area contributed by atoms with Crippen molar-refractivity contribution >= 4 is 23.2 Å². The summed E-state index contributed by atoms with van der Waals surface area (Å²) in [5.41, 5.74) is 1.09. The molecule has 0 heterocycles. The Bertz CT molecular complexity index is 350. The van der Waals surface area contributed by atoms with E-state index in [9.17, 15) is 0 Å². The van der Waals surface area contributed by atoms with E-state index in [2.05, 4.69) is 18.8 Å². The van der Waals surface area contributed by atoms with E-state index in [1.807, 2.05) is 24.3 Å². The van der Waals surface area contributed by atoms with Crippen molar-refractivity contribution in [2.45, 2.75) is 25.8 Å². The lowest BCUT2D eigenvalue weighted by Crippen LogP contribution is -2.30. The van der Waals surface area contributed by atoms with Gasteiger partial charge in [0.1, 0.15) is 0 Å². The number of rotatable bonds is 6. The summed E-state index contributed by atoms with van der Waals surface area (Å²) in [6.45, 7) is 6.80. The molecule has 0 fully saturated rings. The largest absolute Gasteiger partial charge is 0.314 e. The predicted molar refractivity (Wildman–Crippen MR) is 72.4 cm³/mol. The number of likely N-dealkylation sites (N-methyl/N-ethyl adjacent to an activating group) is 1. The second-order valence-corrected chi connectivity index (χ2v) is 4.56. The minimum atomic E-state index is 0.374. The molecule has 0 spiro atoms. The summed E-state index contributed by atoms with van der Waals surface area (Å²) in [5.74, 6) is 0. The Morgan fingerprint density at radius 1 is 1.44 bits per heavy atom. The monoisotopic (exact) mass is 257 g/mol. The fraction of sp³-hybridized carbons (Fsp3) is 0.385. The molecule has 1 aromatic carbocycles. The molecule has 0 radical (unpaired) electrons. The Balaban J connectivity index is 2.75. The average molecular weight is 258 g/mol. The minimum absolute atomic E-state index is 0.374. The third-order valence-electron chi connectivity index (χ3n) is 2.42. The van der Waals surface area contributed by atoms with Crippen LogP contribution in [0.25, 0.3) is 0 Å². The van der Waals surface area contributed by atoms with Crippen LogP contribution in [0.15, 0.2) is 30.9 Å². The second-order valence-electron chi connectivity index (χ2n) is 3.72. The van der Waals surface area contributed by atoms with Crippen LogP contribution in [-0.4, -0.2) is 12.6 Å². The highest BCUT2D eigenvalue weighted by Gasteiger charge is 2.09. The number of nitrogens with one attached hydrogen (secondary N) is 1. The molecule has 1 unspecified atom stereocenters. The van der Waals surface area contributed by atoms with Crippen LogP contribution in [0.2, 0.25) is 10.0 Å². The van der Waals surface area contributed by atoms with Crippen LogP contribution in [0, 0.1) is 0 Å². The summed E-state index contributed by atoms with van der Waals surface area (Å²) in [7, 11) is 0. The molecule has 0 aliphatic rings. The topological polar surface area (TPSA) is 12.0 Å². The summed E-state index contributed by atoms with van der Waals surface area (Å²) in [6.07, 6.45) is 3.72. The van der Waals surface area contributed by atoms with Crippen molar-refractivity contribution in [3.63, 3.8) is 0 Å². The van der Waals surface area contributed by atoms with Crippen LogP contribution in [0.1, 0.15) is 18.9 Å². The van der Waals surface area contributed by atoms with Crippen molar-refractivity contribution < 1.29 is 0 Å². The van der Waals surface area contributed by atoms with Crippen LogP contribution in [0.4, 0.5) is 0 Å². The number of halogens is 2. The van der Waals surface area contributed by atoms with Gasteiger partial charge in [0.25, 0.3) is 0 Å². The minimum Gasteiger partial charge on any atom is -0.314 e. The molecule has 0 aromatic heterocycles. The van der Waals surface area contributed by atoms with Crippen LogP contribution in [0.5, 0.6) is 0 Å². The lowest BCUT2D eigenvalue weighted by Gasteiger charge is -2.17. The SMILES string of the molecule is C=CCC(Cc1cc(Cl)ccc1Cl)NCC. The number of hydrogen-bond acceptors (Lipinski definition) is 1. The maximum absolute atomic E-state index is 6.13. The first kappa shape index (κ1) is 13.6. The van der Waals surface area contributed by atoms with E-state index in [1.54, 1.807) is 0 Å².